The number of hydrogen-bond donors (Lipinski definition) is 2. The molecule has 0 saturated carbocycles. The summed E-state index contributed by atoms with van der Waals surface area (Å²) in [6.07, 6.45) is 1.68. The Hall–Kier alpha value is -0.820. The summed E-state index contributed by atoms with van der Waals surface area (Å²) in [6, 6.07) is 5.54. The Bertz CT molecular complexity index is 268. The van der Waals surface area contributed by atoms with E-state index in [1.807, 2.05) is 18.2 Å². The third-order valence-corrected chi connectivity index (χ3v) is 1.61. The van der Waals surface area contributed by atoms with Gasteiger partial charge in [-0.2, -0.15) is 4.21 Å². The first-order valence-corrected chi connectivity index (χ1v) is 4.67. The highest BCUT2D eigenvalue weighted by molar-refractivity contribution is 7.74. The molecule has 0 radical (unpaired) electrons. The van der Waals surface area contributed by atoms with Crippen LogP contribution in [0.5, 0.6) is 0 Å². The molecule has 0 amide bonds. The number of hydrogen-bond acceptors (Lipinski definition) is 4. The summed E-state index contributed by atoms with van der Waals surface area (Å²) in [5.41, 5.74) is 0.856. The lowest BCUT2D eigenvalue weighted by Crippen LogP contribution is -2.18. The van der Waals surface area contributed by atoms with Gasteiger partial charge in [0.05, 0.1) is 5.69 Å². The maximum atomic E-state index is 10.0. The molecule has 1 heterocycles. The minimum absolute atomic E-state index is 0.0275. The maximum absolute atomic E-state index is 10.0. The van der Waals surface area contributed by atoms with Crippen molar-refractivity contribution >= 4 is 11.4 Å². The number of aromatic nitrogens is 1. The van der Waals surface area contributed by atoms with Crippen molar-refractivity contribution in [3.63, 3.8) is 0 Å². The second-order valence-electron chi connectivity index (χ2n) is 2.23. The third-order valence-electron chi connectivity index (χ3n) is 1.29. The van der Waals surface area contributed by atoms with E-state index in [4.69, 9.17) is 4.55 Å². The number of nitrogens with zero attached hydrogens (tertiary/aromatic N) is 1. The van der Waals surface area contributed by atoms with Crippen molar-refractivity contribution in [1.82, 2.24) is 10.3 Å². The highest BCUT2D eigenvalue weighted by Crippen LogP contribution is 1.91. The zero-order chi connectivity index (χ0) is 9.52. The van der Waals surface area contributed by atoms with Crippen LogP contribution in [0.15, 0.2) is 24.4 Å². The molecular weight excluding hydrogens is 192 g/mol. The van der Waals surface area contributed by atoms with E-state index in [0.29, 0.717) is 6.54 Å². The summed E-state index contributed by atoms with van der Waals surface area (Å²) in [5, 5.41) is 2.80. The van der Waals surface area contributed by atoms with Crippen LogP contribution in [0.4, 0.5) is 0 Å². The minimum atomic E-state index is -2.21. The molecule has 2 N–H and O–H groups in total. The molecule has 1 rings (SSSR count). The molecule has 13 heavy (non-hydrogen) atoms. The summed E-state index contributed by atoms with van der Waals surface area (Å²) in [4.78, 5) is 4.04. The Balaban J connectivity index is 2.17. The van der Waals surface area contributed by atoms with Crippen LogP contribution in [-0.4, -0.2) is 20.5 Å². The zero-order valence-electron chi connectivity index (χ0n) is 6.84. The van der Waals surface area contributed by atoms with Crippen molar-refractivity contribution in [1.29, 1.82) is 0 Å². The molecule has 1 aromatic rings. The zero-order valence-corrected chi connectivity index (χ0v) is 7.66. The molecule has 1 aromatic heterocycles. The lowest BCUT2D eigenvalue weighted by molar-refractivity contribution is 0.276. The quantitative estimate of drug-likeness (QED) is 0.408. The summed E-state index contributed by atoms with van der Waals surface area (Å²) in [6.45, 7) is 0.539. The number of nitrogens with one attached hydrogen (secondary N) is 1. The van der Waals surface area contributed by atoms with Crippen LogP contribution >= 0.6 is 0 Å². The molecule has 0 saturated heterocycles. The molecule has 0 aliphatic heterocycles. The van der Waals surface area contributed by atoms with Gasteiger partial charge >= 0.3 is 11.4 Å². The first-order chi connectivity index (χ1) is 6.29. The average Bonchev–Trinajstić information content (AvgIpc) is 2.14. The summed E-state index contributed by atoms with van der Waals surface area (Å²) in [5.74, 6) is 0. The predicted molar refractivity (Wildman–Crippen MR) is 47.8 cm³/mol. The Morgan fingerprint density at radius 1 is 1.62 bits per heavy atom. The van der Waals surface area contributed by atoms with Crippen LogP contribution < -0.4 is 5.32 Å². The van der Waals surface area contributed by atoms with E-state index >= 15 is 0 Å². The van der Waals surface area contributed by atoms with Crippen molar-refractivity contribution in [2.75, 3.05) is 6.73 Å². The van der Waals surface area contributed by atoms with Gasteiger partial charge < -0.3 is 0 Å². The first-order valence-electron chi connectivity index (χ1n) is 3.64. The molecule has 6 heteroatoms. The fraction of sp³-hybridized carbons (Fsp3) is 0.286. The molecule has 0 bridgehead atoms. The monoisotopic (exact) mass is 202 g/mol. The highest BCUT2D eigenvalue weighted by Gasteiger charge is 1.93. The molecule has 1 atom stereocenters. The van der Waals surface area contributed by atoms with Crippen molar-refractivity contribution in [3.05, 3.63) is 30.1 Å². The molecule has 72 valence electrons. The van der Waals surface area contributed by atoms with Crippen LogP contribution in [0.25, 0.3) is 0 Å². The predicted octanol–water partition coefficient (Wildman–Crippen LogP) is 0.282. The van der Waals surface area contributed by atoms with E-state index in [1.54, 1.807) is 6.20 Å². The van der Waals surface area contributed by atoms with Crippen molar-refractivity contribution in [2.24, 2.45) is 0 Å². The standard InChI is InChI=1S/C7H10N2O3S/c10-13(11)12-6-8-5-7-3-1-2-4-9-7/h1-4,8H,5-6H2,(H,10,11). The number of rotatable bonds is 5. The smallest absolute Gasteiger partial charge is 0.288 e. The molecular formula is C7H10N2O3S. The molecule has 0 spiro atoms. The van der Waals surface area contributed by atoms with Gasteiger partial charge in [0.1, 0.15) is 6.73 Å². The summed E-state index contributed by atoms with van der Waals surface area (Å²) < 4.78 is 22.6. The van der Waals surface area contributed by atoms with Crippen molar-refractivity contribution in [2.45, 2.75) is 6.54 Å². The first kappa shape index (κ1) is 10.3. The van der Waals surface area contributed by atoms with Crippen LogP contribution in [0.3, 0.4) is 0 Å². The number of pyridine rings is 1. The average molecular weight is 202 g/mol. The van der Waals surface area contributed by atoms with Gasteiger partial charge in [0.2, 0.25) is 0 Å². The van der Waals surface area contributed by atoms with Crippen LogP contribution in [0.2, 0.25) is 0 Å². The van der Waals surface area contributed by atoms with Gasteiger partial charge in [-0.3, -0.25) is 19.0 Å². The van der Waals surface area contributed by atoms with Gasteiger partial charge in [0, 0.05) is 12.7 Å². The van der Waals surface area contributed by atoms with Gasteiger partial charge in [-0.05, 0) is 12.1 Å². The van der Waals surface area contributed by atoms with Gasteiger partial charge in [0.25, 0.3) is 0 Å². The van der Waals surface area contributed by atoms with Gasteiger partial charge in [-0.15, -0.1) is 0 Å². The molecule has 0 aliphatic carbocycles. The molecule has 0 fully saturated rings. The van der Waals surface area contributed by atoms with E-state index < -0.39 is 11.4 Å². The van der Waals surface area contributed by atoms with Gasteiger partial charge in [-0.1, -0.05) is 6.07 Å². The van der Waals surface area contributed by atoms with E-state index in [0.717, 1.165) is 5.69 Å². The second kappa shape index (κ2) is 5.76. The topological polar surface area (TPSA) is 71.5 Å². The third kappa shape index (κ3) is 4.69. The second-order valence-corrected chi connectivity index (χ2v) is 2.90. The van der Waals surface area contributed by atoms with Gasteiger partial charge in [-0.25, -0.2) is 0 Å². The van der Waals surface area contributed by atoms with Gasteiger partial charge in [0.15, 0.2) is 0 Å². The fourth-order valence-corrected chi connectivity index (χ4v) is 0.958. The summed E-state index contributed by atoms with van der Waals surface area (Å²) in [7, 11) is 0. The lowest BCUT2D eigenvalue weighted by atomic mass is 10.3. The Morgan fingerprint density at radius 2 is 2.46 bits per heavy atom. The Labute approximate surface area is 78.6 Å². The molecule has 0 aromatic carbocycles. The fourth-order valence-electron chi connectivity index (χ4n) is 0.774. The largest absolute Gasteiger partial charge is 0.303 e. The highest BCUT2D eigenvalue weighted by atomic mass is 32.2. The normalized spacial score (nSPS) is 12.7. The van der Waals surface area contributed by atoms with Crippen LogP contribution in [0, 0.1) is 0 Å². The van der Waals surface area contributed by atoms with E-state index in [-0.39, 0.29) is 6.73 Å². The van der Waals surface area contributed by atoms with Crippen molar-refractivity contribution in [3.8, 4) is 0 Å². The maximum Gasteiger partial charge on any atom is 0.303 e. The Kier molecular flexibility index (Phi) is 4.55. The SMILES string of the molecule is O=S(O)OCNCc1ccccn1. The lowest BCUT2D eigenvalue weighted by Gasteiger charge is -2.01. The van der Waals surface area contributed by atoms with E-state index in [1.165, 1.54) is 0 Å². The minimum Gasteiger partial charge on any atom is -0.288 e. The van der Waals surface area contributed by atoms with Crippen LogP contribution in [-0.2, 0) is 22.1 Å². The van der Waals surface area contributed by atoms with E-state index in [9.17, 15) is 4.21 Å². The van der Waals surface area contributed by atoms with E-state index in [2.05, 4.69) is 14.5 Å². The van der Waals surface area contributed by atoms with Crippen molar-refractivity contribution < 1.29 is 12.9 Å². The molecule has 1 unspecified atom stereocenters. The molecule has 5 nitrogen and oxygen atoms in total. The summed E-state index contributed by atoms with van der Waals surface area (Å²) >= 11 is -2.21. The van der Waals surface area contributed by atoms with Crippen LogP contribution in [0.1, 0.15) is 5.69 Å². The Morgan fingerprint density at radius 3 is 3.08 bits per heavy atom. The molecule has 0 aliphatic rings.